The number of carbonyl (C=O) groups is 2. The monoisotopic (exact) mass is 431 g/mol. The Morgan fingerprint density at radius 2 is 1.47 bits per heavy atom. The maximum atomic E-state index is 12.7. The van der Waals surface area contributed by atoms with Crippen molar-refractivity contribution in [1.82, 2.24) is 4.90 Å². The van der Waals surface area contributed by atoms with E-state index >= 15 is 0 Å². The van der Waals surface area contributed by atoms with E-state index in [1.54, 1.807) is 6.08 Å². The molecule has 0 unspecified atom stereocenters. The predicted octanol–water partition coefficient (Wildman–Crippen LogP) is 4.96. The van der Waals surface area contributed by atoms with Crippen LogP contribution in [0.5, 0.6) is 0 Å². The van der Waals surface area contributed by atoms with Crippen molar-refractivity contribution >= 4 is 29.3 Å². The van der Waals surface area contributed by atoms with Crippen LogP contribution in [-0.2, 0) is 9.59 Å². The molecule has 0 radical (unpaired) electrons. The van der Waals surface area contributed by atoms with Crippen LogP contribution in [0.2, 0.25) is 0 Å². The second-order valence-corrected chi connectivity index (χ2v) is 8.78. The Kier molecular flexibility index (Phi) is 7.59. The predicted molar refractivity (Wildman–Crippen MR) is 131 cm³/mol. The lowest BCUT2D eigenvalue weighted by Gasteiger charge is -2.30. The highest BCUT2D eigenvalue weighted by Crippen LogP contribution is 2.23. The van der Waals surface area contributed by atoms with E-state index in [-0.39, 0.29) is 17.7 Å². The molecule has 0 spiro atoms. The highest BCUT2D eigenvalue weighted by Gasteiger charge is 2.26. The Labute approximate surface area is 191 Å². The van der Waals surface area contributed by atoms with Crippen molar-refractivity contribution in [3.8, 4) is 0 Å². The van der Waals surface area contributed by atoms with Crippen LogP contribution < -0.4 is 10.2 Å². The van der Waals surface area contributed by atoms with E-state index in [9.17, 15) is 9.59 Å². The number of benzene rings is 2. The fourth-order valence-electron chi connectivity index (χ4n) is 4.53. The van der Waals surface area contributed by atoms with Crippen molar-refractivity contribution < 1.29 is 9.59 Å². The average molecular weight is 432 g/mol. The fourth-order valence-corrected chi connectivity index (χ4v) is 4.53. The minimum atomic E-state index is -0.0533. The van der Waals surface area contributed by atoms with Crippen LogP contribution in [0.3, 0.4) is 0 Å². The minimum Gasteiger partial charge on any atom is -0.372 e. The van der Waals surface area contributed by atoms with Crippen LogP contribution >= 0.6 is 0 Å². The highest BCUT2D eigenvalue weighted by atomic mass is 16.2. The Morgan fingerprint density at radius 3 is 2.12 bits per heavy atom. The number of nitrogens with one attached hydrogen (secondary N) is 1. The number of hydrogen-bond donors (Lipinski definition) is 1. The summed E-state index contributed by atoms with van der Waals surface area (Å²) in [6, 6.07) is 18.0. The Balaban J connectivity index is 1.24. The number of likely N-dealkylation sites (tertiary alicyclic amines) is 1. The van der Waals surface area contributed by atoms with Gasteiger partial charge in [-0.2, -0.15) is 0 Å². The standard InChI is InChI=1S/C27H33N3O2/c31-26(15-10-22-8-4-3-5-9-22)30-20-16-23(17-21-30)27(32)28-24-11-13-25(14-12-24)29-18-6-1-2-7-19-29/h3-5,8-15,23H,1-2,6-7,16-21H2,(H,28,32). The summed E-state index contributed by atoms with van der Waals surface area (Å²) < 4.78 is 0. The summed E-state index contributed by atoms with van der Waals surface area (Å²) in [6.07, 6.45) is 10.0. The van der Waals surface area contributed by atoms with Gasteiger partial charge in [-0.1, -0.05) is 43.2 Å². The lowest BCUT2D eigenvalue weighted by Crippen LogP contribution is -2.40. The third kappa shape index (κ3) is 6.00. The quantitative estimate of drug-likeness (QED) is 0.681. The largest absolute Gasteiger partial charge is 0.372 e. The van der Waals surface area contributed by atoms with E-state index < -0.39 is 0 Å². The van der Waals surface area contributed by atoms with Crippen molar-refractivity contribution in [2.24, 2.45) is 5.92 Å². The van der Waals surface area contributed by atoms with Gasteiger partial charge in [0.05, 0.1) is 0 Å². The summed E-state index contributed by atoms with van der Waals surface area (Å²) >= 11 is 0. The third-order valence-electron chi connectivity index (χ3n) is 6.50. The Morgan fingerprint density at radius 1 is 0.812 bits per heavy atom. The molecule has 168 valence electrons. The zero-order chi connectivity index (χ0) is 22.2. The first-order valence-corrected chi connectivity index (χ1v) is 11.9. The lowest BCUT2D eigenvalue weighted by molar-refractivity contribution is -0.130. The van der Waals surface area contributed by atoms with Crippen LogP contribution in [0, 0.1) is 5.92 Å². The number of nitrogens with zero attached hydrogens (tertiary/aromatic N) is 2. The minimum absolute atomic E-state index is 0.0109. The van der Waals surface area contributed by atoms with Gasteiger partial charge in [0.1, 0.15) is 0 Å². The summed E-state index contributed by atoms with van der Waals surface area (Å²) in [7, 11) is 0. The van der Waals surface area contributed by atoms with Crippen molar-refractivity contribution in [1.29, 1.82) is 0 Å². The van der Waals surface area contributed by atoms with E-state index in [0.29, 0.717) is 25.9 Å². The van der Waals surface area contributed by atoms with E-state index in [0.717, 1.165) is 24.3 Å². The second kappa shape index (κ2) is 11.0. The number of hydrogen-bond acceptors (Lipinski definition) is 3. The van der Waals surface area contributed by atoms with E-state index in [1.807, 2.05) is 53.4 Å². The molecule has 0 atom stereocenters. The van der Waals surface area contributed by atoms with Gasteiger partial charge in [-0.25, -0.2) is 0 Å². The molecule has 2 aromatic carbocycles. The second-order valence-electron chi connectivity index (χ2n) is 8.78. The molecule has 0 bridgehead atoms. The summed E-state index contributed by atoms with van der Waals surface area (Å²) in [4.78, 5) is 29.5. The van der Waals surface area contributed by atoms with Crippen LogP contribution in [0.15, 0.2) is 60.7 Å². The average Bonchev–Trinajstić information content (AvgIpc) is 3.13. The van der Waals surface area contributed by atoms with Gasteiger partial charge in [-0.3, -0.25) is 9.59 Å². The molecule has 2 saturated heterocycles. The lowest BCUT2D eigenvalue weighted by atomic mass is 9.95. The summed E-state index contributed by atoms with van der Waals surface area (Å²) in [6.45, 7) is 3.46. The molecule has 0 aromatic heterocycles. The van der Waals surface area contributed by atoms with Gasteiger partial charge >= 0.3 is 0 Å². The SMILES string of the molecule is O=C(Nc1ccc(N2CCCCCC2)cc1)C1CCN(C(=O)C=Cc2ccccc2)CC1. The number of piperidine rings is 1. The molecule has 2 aromatic rings. The smallest absolute Gasteiger partial charge is 0.246 e. The van der Waals surface area contributed by atoms with Gasteiger partial charge in [0.25, 0.3) is 0 Å². The maximum Gasteiger partial charge on any atom is 0.246 e. The van der Waals surface area contributed by atoms with E-state index in [4.69, 9.17) is 0 Å². The van der Waals surface area contributed by atoms with Crippen LogP contribution in [0.4, 0.5) is 11.4 Å². The van der Waals surface area contributed by atoms with Gasteiger partial charge in [0, 0.05) is 49.5 Å². The van der Waals surface area contributed by atoms with Gasteiger partial charge < -0.3 is 15.1 Å². The molecule has 0 saturated carbocycles. The zero-order valence-corrected chi connectivity index (χ0v) is 18.7. The molecule has 32 heavy (non-hydrogen) atoms. The highest BCUT2D eigenvalue weighted by molar-refractivity contribution is 5.94. The van der Waals surface area contributed by atoms with Gasteiger partial charge in [0.2, 0.25) is 11.8 Å². The molecule has 4 rings (SSSR count). The molecule has 5 nitrogen and oxygen atoms in total. The van der Waals surface area contributed by atoms with Crippen molar-refractivity contribution in [3.63, 3.8) is 0 Å². The third-order valence-corrected chi connectivity index (χ3v) is 6.50. The van der Waals surface area contributed by atoms with Crippen molar-refractivity contribution in [2.45, 2.75) is 38.5 Å². The molecule has 5 heteroatoms. The van der Waals surface area contributed by atoms with E-state index in [1.165, 1.54) is 31.4 Å². The summed E-state index contributed by atoms with van der Waals surface area (Å²) in [5, 5.41) is 3.07. The molecular weight excluding hydrogens is 398 g/mol. The molecule has 1 N–H and O–H groups in total. The van der Waals surface area contributed by atoms with E-state index in [2.05, 4.69) is 22.3 Å². The summed E-state index contributed by atoms with van der Waals surface area (Å²) in [5.74, 6) is 0.0127. The maximum absolute atomic E-state index is 12.7. The van der Waals surface area contributed by atoms with Gasteiger partial charge in [-0.15, -0.1) is 0 Å². The molecular formula is C27H33N3O2. The topological polar surface area (TPSA) is 52.7 Å². The number of anilines is 2. The van der Waals surface area contributed by atoms with Crippen LogP contribution in [0.25, 0.3) is 6.08 Å². The number of rotatable bonds is 5. The molecule has 0 aliphatic carbocycles. The molecule has 2 heterocycles. The Hall–Kier alpha value is -3.08. The van der Waals surface area contributed by atoms with Gasteiger partial charge in [0.15, 0.2) is 0 Å². The normalized spacial score (nSPS) is 17.9. The summed E-state index contributed by atoms with van der Waals surface area (Å²) in [5.41, 5.74) is 3.09. The van der Waals surface area contributed by atoms with Crippen molar-refractivity contribution in [2.75, 3.05) is 36.4 Å². The van der Waals surface area contributed by atoms with Crippen LogP contribution in [-0.4, -0.2) is 42.9 Å². The van der Waals surface area contributed by atoms with Crippen LogP contribution in [0.1, 0.15) is 44.1 Å². The van der Waals surface area contributed by atoms with Gasteiger partial charge in [-0.05, 0) is 61.6 Å². The fraction of sp³-hybridized carbons (Fsp3) is 0.407. The molecule has 2 aliphatic heterocycles. The molecule has 2 fully saturated rings. The Bertz CT molecular complexity index is 908. The first-order valence-electron chi connectivity index (χ1n) is 11.9. The number of carbonyl (C=O) groups excluding carboxylic acids is 2. The molecule has 2 amide bonds. The zero-order valence-electron chi connectivity index (χ0n) is 18.7. The first kappa shape index (κ1) is 22.1. The molecule has 2 aliphatic rings. The van der Waals surface area contributed by atoms with Crippen molar-refractivity contribution in [3.05, 3.63) is 66.2 Å². The number of amides is 2. The first-order chi connectivity index (χ1) is 15.7.